The van der Waals surface area contributed by atoms with Crippen LogP contribution in [0.25, 0.3) is 0 Å². The van der Waals surface area contributed by atoms with E-state index in [-0.39, 0.29) is 0 Å². The Balaban J connectivity index is 2.17. The number of aryl methyl sites for hydroxylation is 2. The van der Waals surface area contributed by atoms with Gasteiger partial charge in [0, 0.05) is 6.54 Å². The maximum Gasteiger partial charge on any atom is 0.134 e. The first-order chi connectivity index (χ1) is 9.56. The molecule has 0 fully saturated rings. The number of rotatable bonds is 5. The molecule has 20 heavy (non-hydrogen) atoms. The zero-order chi connectivity index (χ0) is 14.7. The predicted molar refractivity (Wildman–Crippen MR) is 85.4 cm³/mol. The molecule has 1 heterocycles. The van der Waals surface area contributed by atoms with E-state index in [9.17, 15) is 0 Å². The van der Waals surface area contributed by atoms with E-state index >= 15 is 0 Å². The number of aromatic nitrogens is 2. The molecule has 0 unspecified atom stereocenters. The molecule has 4 nitrogen and oxygen atoms in total. The standard InChI is InChI=1S/C14H16Br2N2O2/c1-4-18-12(14(16)9(2)17-18)8-20-13-6-5-10(19-3)7-11(13)15/h5-7H,4,8H2,1-3H3. The SMILES string of the molecule is CCn1nc(C)c(Br)c1COc1ccc(OC)cc1Br. The van der Waals surface area contributed by atoms with Crippen LogP contribution in [0.15, 0.2) is 27.1 Å². The van der Waals surface area contributed by atoms with Crippen molar-refractivity contribution < 1.29 is 9.47 Å². The number of methoxy groups -OCH3 is 1. The summed E-state index contributed by atoms with van der Waals surface area (Å²) in [7, 11) is 1.64. The van der Waals surface area contributed by atoms with Crippen molar-refractivity contribution in [1.29, 1.82) is 0 Å². The Kier molecular flexibility index (Phi) is 5.10. The highest BCUT2D eigenvalue weighted by atomic mass is 79.9. The lowest BCUT2D eigenvalue weighted by atomic mass is 10.3. The Morgan fingerprint density at radius 3 is 2.65 bits per heavy atom. The number of halogens is 2. The Hall–Kier alpha value is -1.01. The third kappa shape index (κ3) is 3.17. The highest BCUT2D eigenvalue weighted by molar-refractivity contribution is 9.10. The first-order valence-corrected chi connectivity index (χ1v) is 7.83. The maximum absolute atomic E-state index is 5.87. The first kappa shape index (κ1) is 15.4. The highest BCUT2D eigenvalue weighted by Gasteiger charge is 2.13. The summed E-state index contributed by atoms with van der Waals surface area (Å²) in [6, 6.07) is 5.64. The smallest absolute Gasteiger partial charge is 0.134 e. The van der Waals surface area contributed by atoms with Crippen molar-refractivity contribution in [2.24, 2.45) is 0 Å². The van der Waals surface area contributed by atoms with Gasteiger partial charge in [-0.05, 0) is 63.9 Å². The topological polar surface area (TPSA) is 36.3 Å². The molecular formula is C14H16Br2N2O2. The highest BCUT2D eigenvalue weighted by Crippen LogP contribution is 2.30. The van der Waals surface area contributed by atoms with Gasteiger partial charge >= 0.3 is 0 Å². The molecule has 0 aliphatic rings. The fourth-order valence-electron chi connectivity index (χ4n) is 1.88. The third-order valence-corrected chi connectivity index (χ3v) is 4.61. The summed E-state index contributed by atoms with van der Waals surface area (Å²) in [5.74, 6) is 1.57. The number of benzene rings is 1. The molecule has 0 spiro atoms. The molecule has 0 aliphatic carbocycles. The van der Waals surface area contributed by atoms with E-state index in [0.29, 0.717) is 6.61 Å². The number of hydrogen-bond acceptors (Lipinski definition) is 3. The fraction of sp³-hybridized carbons (Fsp3) is 0.357. The largest absolute Gasteiger partial charge is 0.497 e. The average Bonchev–Trinajstić information content (AvgIpc) is 2.73. The molecule has 0 amide bonds. The molecule has 2 rings (SSSR count). The molecule has 0 bridgehead atoms. The predicted octanol–water partition coefficient (Wildman–Crippen LogP) is 4.32. The number of ether oxygens (including phenoxy) is 2. The number of hydrogen-bond donors (Lipinski definition) is 0. The first-order valence-electron chi connectivity index (χ1n) is 6.25. The van der Waals surface area contributed by atoms with E-state index in [0.717, 1.165) is 38.4 Å². The zero-order valence-electron chi connectivity index (χ0n) is 11.6. The van der Waals surface area contributed by atoms with Crippen molar-refractivity contribution in [2.45, 2.75) is 27.0 Å². The molecule has 2 aromatic rings. The minimum atomic E-state index is 0.459. The molecular weight excluding hydrogens is 388 g/mol. The fourth-order valence-corrected chi connectivity index (χ4v) is 2.75. The van der Waals surface area contributed by atoms with Crippen molar-refractivity contribution in [1.82, 2.24) is 9.78 Å². The van der Waals surface area contributed by atoms with E-state index in [2.05, 4.69) is 43.9 Å². The lowest BCUT2D eigenvalue weighted by Crippen LogP contribution is -2.06. The molecule has 0 aliphatic heterocycles. The summed E-state index contributed by atoms with van der Waals surface area (Å²) in [5, 5.41) is 4.45. The second-order valence-electron chi connectivity index (χ2n) is 4.25. The van der Waals surface area contributed by atoms with Crippen LogP contribution in [0.5, 0.6) is 11.5 Å². The van der Waals surface area contributed by atoms with Crippen LogP contribution in [0.3, 0.4) is 0 Å². The van der Waals surface area contributed by atoms with Crippen LogP contribution in [0.1, 0.15) is 18.3 Å². The van der Waals surface area contributed by atoms with Crippen LogP contribution < -0.4 is 9.47 Å². The Morgan fingerprint density at radius 1 is 1.30 bits per heavy atom. The van der Waals surface area contributed by atoms with Crippen LogP contribution in [-0.4, -0.2) is 16.9 Å². The Labute approximate surface area is 135 Å². The van der Waals surface area contributed by atoms with Crippen molar-refractivity contribution in [3.8, 4) is 11.5 Å². The molecule has 0 saturated heterocycles. The van der Waals surface area contributed by atoms with Gasteiger partial charge in [0.25, 0.3) is 0 Å². The summed E-state index contributed by atoms with van der Waals surface area (Å²) >= 11 is 7.04. The molecule has 6 heteroatoms. The minimum absolute atomic E-state index is 0.459. The van der Waals surface area contributed by atoms with Crippen LogP contribution in [0.4, 0.5) is 0 Å². The van der Waals surface area contributed by atoms with Gasteiger partial charge in [-0.1, -0.05) is 0 Å². The van der Waals surface area contributed by atoms with Crippen molar-refractivity contribution >= 4 is 31.9 Å². The van der Waals surface area contributed by atoms with Crippen LogP contribution in [-0.2, 0) is 13.2 Å². The zero-order valence-corrected chi connectivity index (χ0v) is 14.8. The molecule has 0 atom stereocenters. The Morgan fingerprint density at radius 2 is 2.05 bits per heavy atom. The van der Waals surface area contributed by atoms with Crippen LogP contribution in [0, 0.1) is 6.92 Å². The van der Waals surface area contributed by atoms with Gasteiger partial charge in [-0.15, -0.1) is 0 Å². The molecule has 1 aromatic carbocycles. The van der Waals surface area contributed by atoms with Gasteiger partial charge < -0.3 is 9.47 Å². The quantitative estimate of drug-likeness (QED) is 0.745. The molecule has 108 valence electrons. The van der Waals surface area contributed by atoms with Crippen molar-refractivity contribution in [3.05, 3.63) is 38.5 Å². The number of nitrogens with zero attached hydrogens (tertiary/aromatic N) is 2. The van der Waals surface area contributed by atoms with E-state index in [1.807, 2.05) is 29.8 Å². The lowest BCUT2D eigenvalue weighted by molar-refractivity contribution is 0.289. The monoisotopic (exact) mass is 402 g/mol. The third-order valence-electron chi connectivity index (χ3n) is 2.96. The summed E-state index contributed by atoms with van der Waals surface area (Å²) in [6.45, 7) is 5.31. The van der Waals surface area contributed by atoms with E-state index in [1.54, 1.807) is 7.11 Å². The van der Waals surface area contributed by atoms with Crippen molar-refractivity contribution in [2.75, 3.05) is 7.11 Å². The summed E-state index contributed by atoms with van der Waals surface area (Å²) in [5.41, 5.74) is 2.01. The van der Waals surface area contributed by atoms with Gasteiger partial charge in [-0.25, -0.2) is 0 Å². The van der Waals surface area contributed by atoms with Gasteiger partial charge in [0.1, 0.15) is 18.1 Å². The van der Waals surface area contributed by atoms with Gasteiger partial charge in [0.05, 0.1) is 27.4 Å². The van der Waals surface area contributed by atoms with Crippen molar-refractivity contribution in [3.63, 3.8) is 0 Å². The van der Waals surface area contributed by atoms with Gasteiger partial charge in [-0.3, -0.25) is 4.68 Å². The minimum Gasteiger partial charge on any atom is -0.497 e. The van der Waals surface area contributed by atoms with E-state index < -0.39 is 0 Å². The normalized spacial score (nSPS) is 10.7. The summed E-state index contributed by atoms with van der Waals surface area (Å²) < 4.78 is 14.8. The van der Waals surface area contributed by atoms with Gasteiger partial charge in [-0.2, -0.15) is 5.10 Å². The van der Waals surface area contributed by atoms with Gasteiger partial charge in [0.15, 0.2) is 0 Å². The van der Waals surface area contributed by atoms with Crippen LogP contribution in [0.2, 0.25) is 0 Å². The Bertz CT molecular complexity index is 611. The van der Waals surface area contributed by atoms with Gasteiger partial charge in [0.2, 0.25) is 0 Å². The molecule has 0 N–H and O–H groups in total. The molecule has 0 saturated carbocycles. The van der Waals surface area contributed by atoms with E-state index in [1.165, 1.54) is 0 Å². The molecule has 0 radical (unpaired) electrons. The average molecular weight is 404 g/mol. The maximum atomic E-state index is 5.87. The van der Waals surface area contributed by atoms with Crippen LogP contribution >= 0.6 is 31.9 Å². The molecule has 1 aromatic heterocycles. The second kappa shape index (κ2) is 6.63. The second-order valence-corrected chi connectivity index (χ2v) is 5.89. The van der Waals surface area contributed by atoms with E-state index in [4.69, 9.17) is 9.47 Å². The summed E-state index contributed by atoms with van der Waals surface area (Å²) in [4.78, 5) is 0. The summed E-state index contributed by atoms with van der Waals surface area (Å²) in [6.07, 6.45) is 0. The lowest BCUT2D eigenvalue weighted by Gasteiger charge is -2.11.